The van der Waals surface area contributed by atoms with Crippen molar-refractivity contribution in [3.63, 3.8) is 0 Å². The first-order chi connectivity index (χ1) is 9.93. The lowest BCUT2D eigenvalue weighted by Gasteiger charge is -1.94. The van der Waals surface area contributed by atoms with Gasteiger partial charge in [0.25, 0.3) is 0 Å². The van der Waals surface area contributed by atoms with Gasteiger partial charge >= 0.3 is 0 Å². The molecule has 0 saturated carbocycles. The molecule has 0 aliphatic heterocycles. The molecule has 0 aliphatic carbocycles. The number of ketones is 2. The van der Waals surface area contributed by atoms with Gasteiger partial charge in [0, 0.05) is 14.7 Å². The van der Waals surface area contributed by atoms with E-state index in [4.69, 9.17) is 0 Å². The highest BCUT2D eigenvalue weighted by atomic mass is 127. The molecule has 108 valence electrons. The van der Waals surface area contributed by atoms with E-state index in [2.05, 4.69) is 29.2 Å². The fourth-order valence-corrected chi connectivity index (χ4v) is 1.90. The molecular formula is C18H17IO2. The molecule has 0 amide bonds. The Balaban J connectivity index is 0.000000211. The normalized spacial score (nSPS) is 9.29. The third kappa shape index (κ3) is 6.04. The molecule has 21 heavy (non-hydrogen) atoms. The Morgan fingerprint density at radius 3 is 1.57 bits per heavy atom. The Morgan fingerprint density at radius 1 is 0.857 bits per heavy atom. The van der Waals surface area contributed by atoms with Crippen LogP contribution in [-0.4, -0.2) is 11.6 Å². The molecule has 0 heterocycles. The minimum atomic E-state index is 0.0978. The lowest BCUT2D eigenvalue weighted by molar-refractivity contribution is 0.100. The third-order valence-corrected chi connectivity index (χ3v) is 3.52. The number of halogens is 1. The van der Waals surface area contributed by atoms with Gasteiger partial charge in [-0.25, -0.2) is 0 Å². The minimum absolute atomic E-state index is 0.0978. The highest BCUT2D eigenvalue weighted by Crippen LogP contribution is 2.07. The number of carbonyl (C=O) groups excluding carboxylic acids is 2. The van der Waals surface area contributed by atoms with Gasteiger partial charge in [0.2, 0.25) is 0 Å². The zero-order valence-electron chi connectivity index (χ0n) is 12.1. The Kier molecular flexibility index (Phi) is 7.02. The summed E-state index contributed by atoms with van der Waals surface area (Å²) >= 11 is 2.21. The first-order valence-electron chi connectivity index (χ1n) is 6.44. The van der Waals surface area contributed by atoms with Crippen LogP contribution in [0.5, 0.6) is 0 Å². The van der Waals surface area contributed by atoms with Gasteiger partial charge in [-0.3, -0.25) is 9.59 Å². The zero-order chi connectivity index (χ0) is 15.8. The van der Waals surface area contributed by atoms with Crippen molar-refractivity contribution in [2.24, 2.45) is 0 Å². The summed E-state index contributed by atoms with van der Waals surface area (Å²) in [5.41, 5.74) is 2.56. The molecule has 2 nitrogen and oxygen atoms in total. The summed E-state index contributed by atoms with van der Waals surface area (Å²) in [7, 11) is 0. The van der Waals surface area contributed by atoms with Crippen LogP contribution < -0.4 is 0 Å². The van der Waals surface area contributed by atoms with Gasteiger partial charge in [-0.15, -0.1) is 0 Å². The Bertz CT molecular complexity index is 625. The van der Waals surface area contributed by atoms with Crippen LogP contribution in [-0.2, 0) is 0 Å². The van der Waals surface area contributed by atoms with Crippen molar-refractivity contribution >= 4 is 40.2 Å². The molecule has 0 unspecified atom stereocenters. The average molecular weight is 392 g/mol. The predicted octanol–water partition coefficient (Wildman–Crippen LogP) is 5.03. The maximum Gasteiger partial charge on any atom is 0.159 e. The molecule has 0 radical (unpaired) electrons. The van der Waals surface area contributed by atoms with Crippen LogP contribution in [0.3, 0.4) is 0 Å². The van der Waals surface area contributed by atoms with Crippen molar-refractivity contribution in [2.45, 2.75) is 13.8 Å². The Labute approximate surface area is 139 Å². The Hall–Kier alpha value is -1.75. The quantitative estimate of drug-likeness (QED) is 0.543. The van der Waals surface area contributed by atoms with E-state index < -0.39 is 0 Å². The van der Waals surface area contributed by atoms with Gasteiger partial charge in [0.05, 0.1) is 0 Å². The molecular weight excluding hydrogens is 375 g/mol. The van der Waals surface area contributed by atoms with E-state index in [1.807, 2.05) is 36.4 Å². The van der Waals surface area contributed by atoms with Gasteiger partial charge in [-0.1, -0.05) is 49.1 Å². The fraction of sp³-hybridized carbons (Fsp3) is 0.111. The molecule has 2 aromatic carbocycles. The predicted molar refractivity (Wildman–Crippen MR) is 95.7 cm³/mol. The summed E-state index contributed by atoms with van der Waals surface area (Å²) in [4.78, 5) is 21.6. The summed E-state index contributed by atoms with van der Waals surface area (Å²) < 4.78 is 1.16. The fourth-order valence-electron chi connectivity index (χ4n) is 1.54. The number of hydrogen-bond acceptors (Lipinski definition) is 2. The molecule has 3 heteroatoms. The molecule has 0 atom stereocenters. The molecule has 0 aliphatic rings. The molecule has 0 saturated heterocycles. The number of benzene rings is 2. The number of hydrogen-bond donors (Lipinski definition) is 0. The van der Waals surface area contributed by atoms with Crippen LogP contribution in [0.1, 0.15) is 40.1 Å². The van der Waals surface area contributed by atoms with Crippen LogP contribution in [0.25, 0.3) is 6.08 Å². The van der Waals surface area contributed by atoms with E-state index in [9.17, 15) is 9.59 Å². The van der Waals surface area contributed by atoms with Gasteiger partial charge in [0.15, 0.2) is 11.6 Å². The van der Waals surface area contributed by atoms with Crippen molar-refractivity contribution < 1.29 is 9.59 Å². The van der Waals surface area contributed by atoms with Gasteiger partial charge in [-0.05, 0) is 54.1 Å². The van der Waals surface area contributed by atoms with Crippen LogP contribution in [0.2, 0.25) is 0 Å². The zero-order valence-corrected chi connectivity index (χ0v) is 14.3. The van der Waals surface area contributed by atoms with Crippen molar-refractivity contribution in [1.82, 2.24) is 0 Å². The Morgan fingerprint density at radius 2 is 1.24 bits per heavy atom. The number of rotatable bonds is 3. The monoisotopic (exact) mass is 392 g/mol. The number of carbonyl (C=O) groups is 2. The van der Waals surface area contributed by atoms with Gasteiger partial charge in [-0.2, -0.15) is 0 Å². The molecule has 2 aromatic rings. The van der Waals surface area contributed by atoms with Crippen molar-refractivity contribution in [3.8, 4) is 0 Å². The topological polar surface area (TPSA) is 34.1 Å². The van der Waals surface area contributed by atoms with Crippen LogP contribution >= 0.6 is 22.6 Å². The second-order valence-corrected chi connectivity index (χ2v) is 5.69. The molecule has 0 aromatic heterocycles. The standard InChI is InChI=1S/C10H10O.C8H7IO/c1-3-9-4-6-10(7-5-9)8(2)11;1-6(10)7-2-4-8(9)5-3-7/h3-7H,1H2,2H3;2-5H,1H3. The van der Waals surface area contributed by atoms with E-state index in [0.717, 1.165) is 20.3 Å². The SMILES string of the molecule is C=Cc1ccc(C(C)=O)cc1.CC(=O)c1ccc(I)cc1. The summed E-state index contributed by atoms with van der Waals surface area (Å²) in [6.07, 6.45) is 1.75. The lowest BCUT2D eigenvalue weighted by atomic mass is 10.1. The van der Waals surface area contributed by atoms with Gasteiger partial charge in [0.1, 0.15) is 0 Å². The summed E-state index contributed by atoms with van der Waals surface area (Å²) in [6, 6.07) is 14.9. The lowest BCUT2D eigenvalue weighted by Crippen LogP contribution is -1.90. The molecule has 0 fully saturated rings. The van der Waals surface area contributed by atoms with Crippen LogP contribution in [0, 0.1) is 3.57 Å². The second-order valence-electron chi connectivity index (χ2n) is 4.45. The van der Waals surface area contributed by atoms with Gasteiger partial charge < -0.3 is 0 Å². The third-order valence-electron chi connectivity index (χ3n) is 2.80. The maximum atomic E-state index is 10.8. The first-order valence-corrected chi connectivity index (χ1v) is 7.52. The highest BCUT2D eigenvalue weighted by molar-refractivity contribution is 14.1. The van der Waals surface area contributed by atoms with E-state index in [0.29, 0.717) is 0 Å². The maximum absolute atomic E-state index is 10.8. The molecule has 0 spiro atoms. The summed E-state index contributed by atoms with van der Waals surface area (Å²) in [5.74, 6) is 0.219. The largest absolute Gasteiger partial charge is 0.295 e. The smallest absolute Gasteiger partial charge is 0.159 e. The second kappa shape index (κ2) is 8.52. The highest BCUT2D eigenvalue weighted by Gasteiger charge is 1.96. The first kappa shape index (κ1) is 17.3. The van der Waals surface area contributed by atoms with Crippen LogP contribution in [0.4, 0.5) is 0 Å². The van der Waals surface area contributed by atoms with E-state index in [1.54, 1.807) is 32.1 Å². The van der Waals surface area contributed by atoms with E-state index in [-0.39, 0.29) is 11.6 Å². The summed E-state index contributed by atoms with van der Waals surface area (Å²) in [6.45, 7) is 6.75. The van der Waals surface area contributed by atoms with Crippen molar-refractivity contribution in [1.29, 1.82) is 0 Å². The molecule has 0 N–H and O–H groups in total. The van der Waals surface area contributed by atoms with Crippen molar-refractivity contribution in [3.05, 3.63) is 75.4 Å². The molecule has 0 bridgehead atoms. The van der Waals surface area contributed by atoms with E-state index >= 15 is 0 Å². The van der Waals surface area contributed by atoms with Crippen molar-refractivity contribution in [2.75, 3.05) is 0 Å². The number of Topliss-reactive ketones (excluding diaryl/α,β-unsaturated/α-hetero) is 2. The summed E-state index contributed by atoms with van der Waals surface area (Å²) in [5, 5.41) is 0. The minimum Gasteiger partial charge on any atom is -0.295 e. The average Bonchev–Trinajstić information content (AvgIpc) is 2.48. The van der Waals surface area contributed by atoms with E-state index in [1.165, 1.54) is 0 Å². The van der Waals surface area contributed by atoms with Crippen LogP contribution in [0.15, 0.2) is 55.1 Å². The molecule has 2 rings (SSSR count).